The third-order valence-corrected chi connectivity index (χ3v) is 6.60. The second kappa shape index (κ2) is 8.45. The highest BCUT2D eigenvalue weighted by molar-refractivity contribution is 9.10. The molecule has 29 heavy (non-hydrogen) atoms. The molecular formula is C19H22BrF2N3O3S. The Balaban J connectivity index is 1.96. The van der Waals surface area contributed by atoms with Crippen LogP contribution in [-0.4, -0.2) is 40.7 Å². The molecule has 0 amide bonds. The molecule has 0 aromatic heterocycles. The van der Waals surface area contributed by atoms with Crippen LogP contribution in [0, 0.1) is 11.6 Å². The quantitative estimate of drug-likeness (QED) is 0.626. The number of anilines is 2. The minimum Gasteiger partial charge on any atom is -0.495 e. The average Bonchev–Trinajstić information content (AvgIpc) is 2.63. The predicted molar refractivity (Wildman–Crippen MR) is 112 cm³/mol. The van der Waals surface area contributed by atoms with E-state index in [2.05, 4.69) is 44.7 Å². The number of piperazine rings is 1. The lowest BCUT2D eigenvalue weighted by molar-refractivity contribution is 0.406. The van der Waals surface area contributed by atoms with E-state index in [-0.39, 0.29) is 28.0 Å². The van der Waals surface area contributed by atoms with Crippen molar-refractivity contribution in [3.05, 3.63) is 46.4 Å². The Morgan fingerprint density at radius 3 is 2.41 bits per heavy atom. The fourth-order valence-corrected chi connectivity index (χ4v) is 4.87. The van der Waals surface area contributed by atoms with Crippen molar-refractivity contribution < 1.29 is 21.9 Å². The Labute approximate surface area is 177 Å². The lowest BCUT2D eigenvalue weighted by Gasteiger charge is -2.38. The van der Waals surface area contributed by atoms with Crippen LogP contribution in [0.25, 0.3) is 0 Å². The summed E-state index contributed by atoms with van der Waals surface area (Å²) in [6.07, 6.45) is 0. The molecule has 1 fully saturated rings. The van der Waals surface area contributed by atoms with Crippen molar-refractivity contribution in [3.63, 3.8) is 0 Å². The minimum absolute atomic E-state index is 0.145. The summed E-state index contributed by atoms with van der Waals surface area (Å²) in [6, 6.07) is 7.05. The summed E-state index contributed by atoms with van der Waals surface area (Å²) in [5.41, 5.74) is 0.942. The monoisotopic (exact) mass is 489 g/mol. The highest BCUT2D eigenvalue weighted by atomic mass is 79.9. The average molecular weight is 490 g/mol. The largest absolute Gasteiger partial charge is 0.495 e. The zero-order valence-electron chi connectivity index (χ0n) is 16.2. The van der Waals surface area contributed by atoms with E-state index < -0.39 is 26.6 Å². The number of nitrogens with one attached hydrogen (secondary N) is 2. The van der Waals surface area contributed by atoms with E-state index in [1.54, 1.807) is 12.1 Å². The molecule has 0 bridgehead atoms. The molecule has 158 valence electrons. The van der Waals surface area contributed by atoms with E-state index in [4.69, 9.17) is 4.74 Å². The summed E-state index contributed by atoms with van der Waals surface area (Å²) in [6.45, 7) is 5.63. The standard InChI is InChI=1S/C19H22BrF2N3O3S/c1-11-9-25(10-12(2)23-11)13-4-5-18(28-3)17(6-13)24-29(26,27)19-8-15(21)14(20)7-16(19)22/h4-8,11-12,23-24H,9-10H2,1-3H3. The normalized spacial score (nSPS) is 19.9. The van der Waals surface area contributed by atoms with Gasteiger partial charge < -0.3 is 15.0 Å². The lowest BCUT2D eigenvalue weighted by Crippen LogP contribution is -2.54. The van der Waals surface area contributed by atoms with E-state index in [9.17, 15) is 17.2 Å². The first-order chi connectivity index (χ1) is 13.6. The van der Waals surface area contributed by atoms with Gasteiger partial charge in [-0.3, -0.25) is 4.72 Å². The van der Waals surface area contributed by atoms with E-state index in [0.717, 1.165) is 24.8 Å². The SMILES string of the molecule is COc1ccc(N2CC(C)NC(C)C2)cc1NS(=O)(=O)c1cc(F)c(Br)cc1F. The molecule has 1 saturated heterocycles. The van der Waals surface area contributed by atoms with Gasteiger partial charge in [-0.2, -0.15) is 0 Å². The summed E-state index contributed by atoms with van der Waals surface area (Å²) in [5.74, 6) is -1.67. The fraction of sp³-hybridized carbons (Fsp3) is 0.368. The van der Waals surface area contributed by atoms with Crippen LogP contribution in [-0.2, 0) is 10.0 Å². The van der Waals surface area contributed by atoms with Gasteiger partial charge in [0.2, 0.25) is 0 Å². The molecule has 1 aliphatic heterocycles. The van der Waals surface area contributed by atoms with Gasteiger partial charge in [0, 0.05) is 30.9 Å². The van der Waals surface area contributed by atoms with Crippen LogP contribution < -0.4 is 19.7 Å². The number of methoxy groups -OCH3 is 1. The van der Waals surface area contributed by atoms with Crippen molar-refractivity contribution in [2.24, 2.45) is 0 Å². The Bertz CT molecular complexity index is 1010. The number of nitrogens with zero attached hydrogens (tertiary/aromatic N) is 1. The van der Waals surface area contributed by atoms with Gasteiger partial charge in [-0.15, -0.1) is 0 Å². The van der Waals surface area contributed by atoms with Crippen LogP contribution in [0.15, 0.2) is 39.7 Å². The molecule has 1 heterocycles. The molecule has 6 nitrogen and oxygen atoms in total. The molecule has 2 N–H and O–H groups in total. The Morgan fingerprint density at radius 1 is 1.14 bits per heavy atom. The van der Waals surface area contributed by atoms with Crippen LogP contribution in [0.4, 0.5) is 20.2 Å². The number of hydrogen-bond acceptors (Lipinski definition) is 5. The maximum atomic E-state index is 14.2. The van der Waals surface area contributed by atoms with Gasteiger partial charge in [0.05, 0.1) is 17.3 Å². The van der Waals surface area contributed by atoms with Crippen molar-refractivity contribution in [3.8, 4) is 5.75 Å². The second-order valence-electron chi connectivity index (χ2n) is 7.06. The molecule has 1 aliphatic rings. The maximum absolute atomic E-state index is 14.2. The third kappa shape index (κ3) is 4.81. The number of benzene rings is 2. The van der Waals surface area contributed by atoms with Crippen LogP contribution in [0.2, 0.25) is 0 Å². The van der Waals surface area contributed by atoms with Crippen LogP contribution in [0.1, 0.15) is 13.8 Å². The zero-order chi connectivity index (χ0) is 21.3. The Kier molecular flexibility index (Phi) is 6.35. The number of rotatable bonds is 5. The molecule has 0 spiro atoms. The zero-order valence-corrected chi connectivity index (χ0v) is 18.6. The van der Waals surface area contributed by atoms with Crippen LogP contribution in [0.5, 0.6) is 5.75 Å². The lowest BCUT2D eigenvalue weighted by atomic mass is 10.1. The number of ether oxygens (including phenoxy) is 1. The van der Waals surface area contributed by atoms with E-state index in [0.29, 0.717) is 6.07 Å². The van der Waals surface area contributed by atoms with Crippen molar-refractivity contribution >= 4 is 37.3 Å². The molecule has 0 radical (unpaired) electrons. The van der Waals surface area contributed by atoms with Gasteiger partial charge in [-0.05, 0) is 60.1 Å². The van der Waals surface area contributed by atoms with Gasteiger partial charge in [0.15, 0.2) is 0 Å². The third-order valence-electron chi connectivity index (χ3n) is 4.61. The van der Waals surface area contributed by atoms with E-state index in [1.807, 2.05) is 6.07 Å². The van der Waals surface area contributed by atoms with Crippen molar-refractivity contribution in [2.75, 3.05) is 29.8 Å². The smallest absolute Gasteiger partial charge is 0.265 e. The van der Waals surface area contributed by atoms with Crippen molar-refractivity contribution in [2.45, 2.75) is 30.8 Å². The minimum atomic E-state index is -4.38. The predicted octanol–water partition coefficient (Wildman–Crippen LogP) is 3.72. The van der Waals surface area contributed by atoms with E-state index in [1.165, 1.54) is 7.11 Å². The van der Waals surface area contributed by atoms with Gasteiger partial charge in [0.25, 0.3) is 10.0 Å². The van der Waals surface area contributed by atoms with Crippen LogP contribution >= 0.6 is 15.9 Å². The number of sulfonamides is 1. The summed E-state index contributed by atoms with van der Waals surface area (Å²) in [7, 11) is -2.98. The molecule has 2 atom stereocenters. The summed E-state index contributed by atoms with van der Waals surface area (Å²) in [5, 5.41) is 3.43. The van der Waals surface area contributed by atoms with E-state index >= 15 is 0 Å². The summed E-state index contributed by atoms with van der Waals surface area (Å²) >= 11 is 2.84. The number of hydrogen-bond donors (Lipinski definition) is 2. The first-order valence-electron chi connectivity index (χ1n) is 8.97. The molecule has 2 aromatic rings. The maximum Gasteiger partial charge on any atom is 0.265 e. The Morgan fingerprint density at radius 2 is 1.79 bits per heavy atom. The second-order valence-corrected chi connectivity index (χ2v) is 9.57. The molecule has 2 aromatic carbocycles. The molecule has 3 rings (SSSR count). The first kappa shape index (κ1) is 21.8. The van der Waals surface area contributed by atoms with Gasteiger partial charge >= 0.3 is 0 Å². The molecule has 0 aliphatic carbocycles. The molecule has 0 saturated carbocycles. The van der Waals surface area contributed by atoms with Gasteiger partial charge in [-0.1, -0.05) is 0 Å². The Hall–Kier alpha value is -1.91. The van der Waals surface area contributed by atoms with Crippen molar-refractivity contribution in [1.29, 1.82) is 0 Å². The molecule has 10 heteroatoms. The number of halogens is 3. The topological polar surface area (TPSA) is 70.7 Å². The molecular weight excluding hydrogens is 468 g/mol. The van der Waals surface area contributed by atoms with Crippen LogP contribution in [0.3, 0.4) is 0 Å². The van der Waals surface area contributed by atoms with Gasteiger partial charge in [-0.25, -0.2) is 17.2 Å². The highest BCUT2D eigenvalue weighted by Crippen LogP contribution is 2.33. The summed E-state index contributed by atoms with van der Waals surface area (Å²) < 4.78 is 60.9. The molecule has 2 unspecified atom stereocenters. The fourth-order valence-electron chi connectivity index (χ4n) is 3.42. The summed E-state index contributed by atoms with van der Waals surface area (Å²) in [4.78, 5) is 1.35. The van der Waals surface area contributed by atoms with Crippen molar-refractivity contribution in [1.82, 2.24) is 5.32 Å². The first-order valence-corrected chi connectivity index (χ1v) is 11.2. The highest BCUT2D eigenvalue weighted by Gasteiger charge is 2.25. The van der Waals surface area contributed by atoms with Gasteiger partial charge in [0.1, 0.15) is 22.3 Å².